The third-order valence-electron chi connectivity index (χ3n) is 3.14. The van der Waals surface area contributed by atoms with E-state index in [9.17, 15) is 4.79 Å². The van der Waals surface area contributed by atoms with Crippen molar-refractivity contribution in [3.05, 3.63) is 76.3 Å². The molecule has 0 atom stereocenters. The molecule has 4 nitrogen and oxygen atoms in total. The van der Waals surface area contributed by atoms with Crippen LogP contribution >= 0.6 is 39.0 Å². The first-order valence-electron chi connectivity index (χ1n) is 7.44. The maximum atomic E-state index is 11.9. The highest BCUT2D eigenvalue weighted by Crippen LogP contribution is 2.28. The quantitative estimate of drug-likeness (QED) is 0.329. The highest BCUT2D eigenvalue weighted by atomic mass is 79.9. The van der Waals surface area contributed by atoms with Gasteiger partial charge >= 0.3 is 0 Å². The van der Waals surface area contributed by atoms with E-state index in [1.54, 1.807) is 17.8 Å². The molecule has 0 spiro atoms. The van der Waals surface area contributed by atoms with Crippen molar-refractivity contribution in [3.8, 4) is 0 Å². The van der Waals surface area contributed by atoms with Gasteiger partial charge in [0.2, 0.25) is 11.0 Å². The highest BCUT2D eigenvalue weighted by molar-refractivity contribution is 9.10. The van der Waals surface area contributed by atoms with Gasteiger partial charge in [-0.2, -0.15) is 0 Å². The van der Waals surface area contributed by atoms with Crippen LogP contribution in [0.5, 0.6) is 0 Å². The summed E-state index contributed by atoms with van der Waals surface area (Å²) in [5.74, 6) is 0.591. The molecule has 1 heterocycles. The molecule has 0 bridgehead atoms. The van der Waals surface area contributed by atoms with Crippen molar-refractivity contribution < 1.29 is 4.79 Å². The molecule has 0 aliphatic rings. The lowest BCUT2D eigenvalue weighted by Gasteiger charge is -1.98. The molecule has 1 aromatic heterocycles. The molecular formula is C18H14BrN3OS2. The van der Waals surface area contributed by atoms with E-state index in [1.807, 2.05) is 42.5 Å². The van der Waals surface area contributed by atoms with Gasteiger partial charge in [0.15, 0.2) is 4.34 Å². The average molecular weight is 432 g/mol. The van der Waals surface area contributed by atoms with Gasteiger partial charge in [0.25, 0.3) is 0 Å². The minimum absolute atomic E-state index is 0.218. The first kappa shape index (κ1) is 17.8. The summed E-state index contributed by atoms with van der Waals surface area (Å²) >= 11 is 6.39. The number of carbonyl (C=O) groups is 1. The molecule has 1 amide bonds. The maximum absolute atomic E-state index is 11.9. The molecule has 0 saturated carbocycles. The normalized spacial score (nSPS) is 10.9. The molecule has 25 heavy (non-hydrogen) atoms. The third kappa shape index (κ3) is 5.81. The summed E-state index contributed by atoms with van der Waals surface area (Å²) < 4.78 is 1.89. The molecule has 0 unspecified atom stereocenters. The Hall–Kier alpha value is -1.96. The standard InChI is InChI=1S/C18H14BrN3OS2/c19-15-9-6-14(7-10-15)12-24-18-22-21-17(25-18)20-16(23)11-8-13-4-2-1-3-5-13/h1-11H,12H2,(H,20,21,23). The van der Waals surface area contributed by atoms with Crippen LogP contribution in [0.1, 0.15) is 11.1 Å². The molecule has 0 aliphatic carbocycles. The Labute approximate surface area is 162 Å². The van der Waals surface area contributed by atoms with Crippen LogP contribution in [0.4, 0.5) is 5.13 Å². The number of carbonyl (C=O) groups excluding carboxylic acids is 1. The fourth-order valence-electron chi connectivity index (χ4n) is 1.93. The van der Waals surface area contributed by atoms with E-state index < -0.39 is 0 Å². The number of thioether (sulfide) groups is 1. The molecule has 0 radical (unpaired) electrons. The summed E-state index contributed by atoms with van der Waals surface area (Å²) in [5.41, 5.74) is 2.18. The highest BCUT2D eigenvalue weighted by Gasteiger charge is 2.07. The van der Waals surface area contributed by atoms with Crippen molar-refractivity contribution in [1.82, 2.24) is 10.2 Å². The molecule has 3 rings (SSSR count). The van der Waals surface area contributed by atoms with Crippen molar-refractivity contribution in [1.29, 1.82) is 0 Å². The van der Waals surface area contributed by atoms with Gasteiger partial charge in [0.1, 0.15) is 0 Å². The minimum Gasteiger partial charge on any atom is -0.297 e. The molecule has 0 aliphatic heterocycles. The van der Waals surface area contributed by atoms with Crippen molar-refractivity contribution in [3.63, 3.8) is 0 Å². The average Bonchev–Trinajstić information content (AvgIpc) is 3.08. The lowest BCUT2D eigenvalue weighted by molar-refractivity contribution is -0.111. The van der Waals surface area contributed by atoms with E-state index in [4.69, 9.17) is 0 Å². The summed E-state index contributed by atoms with van der Waals surface area (Å²) in [6.45, 7) is 0. The molecule has 7 heteroatoms. The number of nitrogens with zero attached hydrogens (tertiary/aromatic N) is 2. The van der Waals surface area contributed by atoms with Crippen LogP contribution in [0, 0.1) is 0 Å². The Morgan fingerprint density at radius 2 is 1.88 bits per heavy atom. The van der Waals surface area contributed by atoms with Gasteiger partial charge in [-0.1, -0.05) is 81.5 Å². The lowest BCUT2D eigenvalue weighted by atomic mass is 10.2. The van der Waals surface area contributed by atoms with Gasteiger partial charge in [-0.3, -0.25) is 10.1 Å². The summed E-state index contributed by atoms with van der Waals surface area (Å²) in [7, 11) is 0. The first-order valence-corrected chi connectivity index (χ1v) is 10.0. The summed E-state index contributed by atoms with van der Waals surface area (Å²) in [6.07, 6.45) is 3.25. The second-order valence-electron chi connectivity index (χ2n) is 5.02. The second-order valence-corrected chi connectivity index (χ2v) is 8.14. The largest absolute Gasteiger partial charge is 0.297 e. The van der Waals surface area contributed by atoms with Gasteiger partial charge in [0.05, 0.1) is 0 Å². The number of aromatic nitrogens is 2. The van der Waals surface area contributed by atoms with Gasteiger partial charge in [-0.25, -0.2) is 0 Å². The van der Waals surface area contributed by atoms with Crippen LogP contribution in [0.25, 0.3) is 6.08 Å². The van der Waals surface area contributed by atoms with Gasteiger partial charge in [0, 0.05) is 16.3 Å². The number of hydrogen-bond acceptors (Lipinski definition) is 5. The van der Waals surface area contributed by atoms with Gasteiger partial charge in [-0.05, 0) is 29.3 Å². The van der Waals surface area contributed by atoms with Gasteiger partial charge < -0.3 is 0 Å². The van der Waals surface area contributed by atoms with Crippen LogP contribution in [-0.4, -0.2) is 16.1 Å². The monoisotopic (exact) mass is 431 g/mol. The molecule has 3 aromatic rings. The number of anilines is 1. The topological polar surface area (TPSA) is 54.9 Å². The van der Waals surface area contributed by atoms with Crippen LogP contribution in [-0.2, 0) is 10.5 Å². The molecular weight excluding hydrogens is 418 g/mol. The van der Waals surface area contributed by atoms with E-state index in [0.717, 1.165) is 20.1 Å². The maximum Gasteiger partial charge on any atom is 0.250 e. The Bertz CT molecular complexity index is 864. The number of rotatable bonds is 6. The fourth-order valence-corrected chi connectivity index (χ4v) is 3.90. The Morgan fingerprint density at radius 1 is 1.12 bits per heavy atom. The van der Waals surface area contributed by atoms with E-state index >= 15 is 0 Å². The van der Waals surface area contributed by atoms with E-state index in [0.29, 0.717) is 5.13 Å². The Balaban J connectivity index is 1.51. The predicted octanol–water partition coefficient (Wildman–Crippen LogP) is 5.24. The number of amides is 1. The van der Waals surface area contributed by atoms with Gasteiger partial charge in [-0.15, -0.1) is 10.2 Å². The van der Waals surface area contributed by atoms with E-state index in [1.165, 1.54) is 23.0 Å². The molecule has 1 N–H and O–H groups in total. The SMILES string of the molecule is O=C(C=Cc1ccccc1)Nc1nnc(SCc2ccc(Br)cc2)s1. The number of benzene rings is 2. The minimum atomic E-state index is -0.218. The number of hydrogen-bond donors (Lipinski definition) is 1. The number of halogens is 1. The summed E-state index contributed by atoms with van der Waals surface area (Å²) in [4.78, 5) is 11.9. The predicted molar refractivity (Wildman–Crippen MR) is 108 cm³/mol. The smallest absolute Gasteiger partial charge is 0.250 e. The fraction of sp³-hybridized carbons (Fsp3) is 0.0556. The van der Waals surface area contributed by atoms with Crippen LogP contribution < -0.4 is 5.32 Å². The van der Waals surface area contributed by atoms with Crippen LogP contribution in [0.3, 0.4) is 0 Å². The molecule has 126 valence electrons. The zero-order valence-corrected chi connectivity index (χ0v) is 16.3. The van der Waals surface area contributed by atoms with E-state index in [2.05, 4.69) is 43.6 Å². The Morgan fingerprint density at radius 3 is 2.64 bits per heavy atom. The summed E-state index contributed by atoms with van der Waals surface area (Å²) in [5, 5.41) is 11.4. The Kier molecular flexibility index (Phi) is 6.38. The lowest BCUT2D eigenvalue weighted by Crippen LogP contribution is -2.07. The van der Waals surface area contributed by atoms with Crippen LogP contribution in [0.2, 0.25) is 0 Å². The van der Waals surface area contributed by atoms with E-state index in [-0.39, 0.29) is 5.91 Å². The molecule has 0 saturated heterocycles. The van der Waals surface area contributed by atoms with Crippen LogP contribution in [0.15, 0.2) is 69.5 Å². The first-order chi connectivity index (χ1) is 12.2. The second kappa shape index (κ2) is 8.94. The summed E-state index contributed by atoms with van der Waals surface area (Å²) in [6, 6.07) is 17.8. The zero-order chi connectivity index (χ0) is 17.5. The van der Waals surface area contributed by atoms with Crippen molar-refractivity contribution >= 4 is 56.1 Å². The third-order valence-corrected chi connectivity index (χ3v) is 5.71. The van der Waals surface area contributed by atoms with Crippen molar-refractivity contribution in [2.24, 2.45) is 0 Å². The molecule has 2 aromatic carbocycles. The van der Waals surface area contributed by atoms with Crippen molar-refractivity contribution in [2.75, 3.05) is 5.32 Å². The molecule has 0 fully saturated rings. The zero-order valence-electron chi connectivity index (χ0n) is 13.1. The number of nitrogens with one attached hydrogen (secondary N) is 1. The van der Waals surface area contributed by atoms with Crippen molar-refractivity contribution in [2.45, 2.75) is 10.1 Å².